The van der Waals surface area contributed by atoms with Gasteiger partial charge in [-0.25, -0.2) is 18.2 Å². The number of nitrogens with zero attached hydrogens (tertiary/aromatic N) is 1. The Balaban J connectivity index is 1.56. The van der Waals surface area contributed by atoms with E-state index in [4.69, 9.17) is 9.84 Å². The lowest BCUT2D eigenvalue weighted by atomic mass is 9.97. The molecule has 0 saturated carbocycles. The summed E-state index contributed by atoms with van der Waals surface area (Å²) >= 11 is 1.13. The maximum Gasteiger partial charge on any atom is 0.335 e. The van der Waals surface area contributed by atoms with Crippen LogP contribution in [0.15, 0.2) is 52.7 Å². The maximum absolute atomic E-state index is 12.6. The number of aromatic carboxylic acids is 1. The van der Waals surface area contributed by atoms with Gasteiger partial charge in [0.25, 0.3) is 10.0 Å². The lowest BCUT2D eigenvalue weighted by Crippen LogP contribution is -2.30. The summed E-state index contributed by atoms with van der Waals surface area (Å²) in [5.74, 6) is -0.572. The number of amides is 1. The molecule has 0 aliphatic carbocycles. The number of carboxylic acids is 1. The topological polar surface area (TPSA) is 135 Å². The van der Waals surface area contributed by atoms with Crippen molar-refractivity contribution in [2.45, 2.75) is 24.3 Å². The summed E-state index contributed by atoms with van der Waals surface area (Å²) in [6, 6.07) is 10.3. The molecule has 1 aromatic heterocycles. The first kappa shape index (κ1) is 21.8. The lowest BCUT2D eigenvalue weighted by molar-refractivity contribution is -0.119. The van der Waals surface area contributed by atoms with Crippen molar-refractivity contribution in [2.24, 2.45) is 0 Å². The standard InChI is InChI=1S/C21H19N3O6S2/c1-12(25)22-17-8-9-30-19-7-4-14(10-16(17)19)18-11-31-21(23-18)24-32(28,29)15-5-2-13(3-6-15)20(26)27/h2-7,10-11,17H,8-9H2,1H3,(H,22,25)(H,23,24)(H,26,27). The fraction of sp³-hybridized carbons (Fsp3) is 0.190. The molecule has 3 aromatic rings. The molecule has 1 atom stereocenters. The highest BCUT2D eigenvalue weighted by Crippen LogP contribution is 2.36. The molecule has 166 valence electrons. The largest absolute Gasteiger partial charge is 0.493 e. The van der Waals surface area contributed by atoms with Crippen LogP contribution in [-0.2, 0) is 14.8 Å². The predicted octanol–water partition coefficient (Wildman–Crippen LogP) is 3.27. The zero-order valence-electron chi connectivity index (χ0n) is 16.9. The van der Waals surface area contributed by atoms with Crippen LogP contribution < -0.4 is 14.8 Å². The van der Waals surface area contributed by atoms with E-state index in [1.54, 1.807) is 5.38 Å². The van der Waals surface area contributed by atoms with Crippen molar-refractivity contribution in [3.05, 3.63) is 59.0 Å². The van der Waals surface area contributed by atoms with Crippen LogP contribution >= 0.6 is 11.3 Å². The van der Waals surface area contributed by atoms with Crippen LogP contribution in [0.4, 0.5) is 5.13 Å². The number of benzene rings is 2. The fourth-order valence-corrected chi connectivity index (χ4v) is 5.33. The average molecular weight is 474 g/mol. The minimum atomic E-state index is -3.92. The number of fused-ring (bicyclic) bond motifs is 1. The molecule has 1 amide bonds. The summed E-state index contributed by atoms with van der Waals surface area (Å²) in [5, 5.41) is 13.8. The maximum atomic E-state index is 12.6. The van der Waals surface area contributed by atoms with E-state index in [1.165, 1.54) is 31.2 Å². The predicted molar refractivity (Wildman–Crippen MR) is 118 cm³/mol. The van der Waals surface area contributed by atoms with Gasteiger partial charge in [-0.05, 0) is 42.5 Å². The van der Waals surface area contributed by atoms with Gasteiger partial charge < -0.3 is 15.2 Å². The molecule has 32 heavy (non-hydrogen) atoms. The monoisotopic (exact) mass is 473 g/mol. The molecule has 0 radical (unpaired) electrons. The molecule has 1 unspecified atom stereocenters. The molecule has 0 fully saturated rings. The van der Waals surface area contributed by atoms with E-state index in [0.29, 0.717) is 24.5 Å². The summed E-state index contributed by atoms with van der Waals surface area (Å²) in [6.07, 6.45) is 0.652. The second-order valence-corrected chi connectivity index (χ2v) is 9.66. The number of sulfonamides is 1. The number of hydrogen-bond acceptors (Lipinski definition) is 7. The van der Waals surface area contributed by atoms with E-state index < -0.39 is 16.0 Å². The van der Waals surface area contributed by atoms with Gasteiger partial charge >= 0.3 is 5.97 Å². The Labute approximate surface area is 188 Å². The van der Waals surface area contributed by atoms with E-state index in [9.17, 15) is 18.0 Å². The molecular formula is C21H19N3O6S2. The Kier molecular flexibility index (Phi) is 5.85. The van der Waals surface area contributed by atoms with E-state index in [2.05, 4.69) is 15.0 Å². The van der Waals surface area contributed by atoms with Crippen LogP contribution in [0, 0.1) is 0 Å². The second-order valence-electron chi connectivity index (χ2n) is 7.12. The third-order valence-corrected chi connectivity index (χ3v) is 7.10. The van der Waals surface area contributed by atoms with Gasteiger partial charge in [0.05, 0.1) is 28.8 Å². The van der Waals surface area contributed by atoms with Gasteiger partial charge in [-0.15, -0.1) is 11.3 Å². The Morgan fingerprint density at radius 3 is 2.62 bits per heavy atom. The fourth-order valence-electron chi connectivity index (χ4n) is 3.35. The summed E-state index contributed by atoms with van der Waals surface area (Å²) in [5.41, 5.74) is 2.17. The molecular weight excluding hydrogens is 454 g/mol. The Morgan fingerprint density at radius 1 is 1.19 bits per heavy atom. The summed E-state index contributed by atoms with van der Waals surface area (Å²) < 4.78 is 33.3. The summed E-state index contributed by atoms with van der Waals surface area (Å²) in [6.45, 7) is 1.97. The third-order valence-electron chi connectivity index (χ3n) is 4.86. The number of carboxylic acid groups (broad SMARTS) is 1. The first-order valence-electron chi connectivity index (χ1n) is 9.59. The number of thiazole rings is 1. The zero-order valence-corrected chi connectivity index (χ0v) is 18.5. The van der Waals surface area contributed by atoms with Gasteiger partial charge in [0, 0.05) is 29.9 Å². The molecule has 0 spiro atoms. The quantitative estimate of drug-likeness (QED) is 0.500. The van der Waals surface area contributed by atoms with Gasteiger partial charge in [0.1, 0.15) is 5.75 Å². The van der Waals surface area contributed by atoms with Gasteiger partial charge in [-0.2, -0.15) is 0 Å². The molecule has 9 nitrogen and oxygen atoms in total. The smallest absolute Gasteiger partial charge is 0.335 e. The van der Waals surface area contributed by atoms with Gasteiger partial charge in [-0.1, -0.05) is 0 Å². The number of anilines is 1. The first-order chi connectivity index (χ1) is 15.2. The van der Waals surface area contributed by atoms with E-state index >= 15 is 0 Å². The Hall–Kier alpha value is -3.44. The average Bonchev–Trinajstić information content (AvgIpc) is 3.21. The van der Waals surface area contributed by atoms with Crippen LogP contribution in [0.5, 0.6) is 5.75 Å². The van der Waals surface area contributed by atoms with Crippen molar-refractivity contribution >= 4 is 38.4 Å². The van der Waals surface area contributed by atoms with E-state index in [0.717, 1.165) is 22.5 Å². The number of rotatable bonds is 6. The number of ether oxygens (including phenoxy) is 1. The molecule has 2 heterocycles. The van der Waals surface area contributed by atoms with Gasteiger partial charge in [0.15, 0.2) is 5.13 Å². The van der Waals surface area contributed by atoms with Crippen molar-refractivity contribution in [2.75, 3.05) is 11.3 Å². The molecule has 3 N–H and O–H groups in total. The summed E-state index contributed by atoms with van der Waals surface area (Å²) in [7, 11) is -3.92. The van der Waals surface area contributed by atoms with Gasteiger partial charge in [0.2, 0.25) is 5.91 Å². The highest BCUT2D eigenvalue weighted by Gasteiger charge is 2.23. The number of hydrogen-bond donors (Lipinski definition) is 3. The lowest BCUT2D eigenvalue weighted by Gasteiger charge is -2.26. The van der Waals surface area contributed by atoms with Gasteiger partial charge in [-0.3, -0.25) is 9.52 Å². The number of nitrogens with one attached hydrogen (secondary N) is 2. The first-order valence-corrected chi connectivity index (χ1v) is 11.9. The van der Waals surface area contributed by atoms with Crippen LogP contribution in [0.25, 0.3) is 11.3 Å². The number of carbonyl (C=O) groups is 2. The van der Waals surface area contributed by atoms with Crippen molar-refractivity contribution in [3.8, 4) is 17.0 Å². The molecule has 4 rings (SSSR count). The molecule has 1 aliphatic heterocycles. The Morgan fingerprint density at radius 2 is 1.94 bits per heavy atom. The van der Waals surface area contributed by atoms with E-state index in [-0.39, 0.29) is 27.5 Å². The molecule has 0 bridgehead atoms. The summed E-state index contributed by atoms with van der Waals surface area (Å²) in [4.78, 5) is 26.8. The minimum Gasteiger partial charge on any atom is -0.493 e. The van der Waals surface area contributed by atoms with Crippen LogP contribution in [0.2, 0.25) is 0 Å². The zero-order chi connectivity index (χ0) is 22.9. The molecule has 11 heteroatoms. The number of aromatic nitrogens is 1. The van der Waals surface area contributed by atoms with Crippen molar-refractivity contribution in [1.29, 1.82) is 0 Å². The third kappa shape index (κ3) is 4.58. The molecule has 2 aromatic carbocycles. The van der Waals surface area contributed by atoms with Crippen LogP contribution in [0.3, 0.4) is 0 Å². The molecule has 1 aliphatic rings. The van der Waals surface area contributed by atoms with Crippen molar-refractivity contribution < 1.29 is 27.9 Å². The Bertz CT molecular complexity index is 1290. The normalized spacial score (nSPS) is 15.3. The minimum absolute atomic E-state index is 0.00515. The van der Waals surface area contributed by atoms with E-state index in [1.807, 2.05) is 18.2 Å². The van der Waals surface area contributed by atoms with Crippen molar-refractivity contribution in [3.63, 3.8) is 0 Å². The van der Waals surface area contributed by atoms with Crippen LogP contribution in [0.1, 0.15) is 35.3 Å². The number of carbonyl (C=O) groups excluding carboxylic acids is 1. The van der Waals surface area contributed by atoms with Crippen molar-refractivity contribution in [1.82, 2.24) is 10.3 Å². The SMILES string of the molecule is CC(=O)NC1CCOc2ccc(-c3csc(NS(=O)(=O)c4ccc(C(=O)O)cc4)n3)cc21. The second kappa shape index (κ2) is 8.60. The highest BCUT2D eigenvalue weighted by molar-refractivity contribution is 7.93. The molecule has 0 saturated heterocycles. The van der Waals surface area contributed by atoms with Crippen LogP contribution in [-0.4, -0.2) is 37.0 Å². The highest BCUT2D eigenvalue weighted by atomic mass is 32.2.